The monoisotopic (exact) mass is 346 g/mol. The minimum atomic E-state index is -0.760. The Morgan fingerprint density at radius 3 is 2.24 bits per heavy atom. The van der Waals surface area contributed by atoms with Crippen LogP contribution < -0.4 is 20.5 Å². The van der Waals surface area contributed by atoms with Gasteiger partial charge in [0.1, 0.15) is 11.7 Å². The normalized spacial score (nSPS) is 18.1. The number of carbonyl (C=O) groups is 3. The number of hydrogen-bond acceptors (Lipinski definition) is 5. The van der Waals surface area contributed by atoms with Crippen LogP contribution in [0.4, 0.5) is 5.69 Å². The summed E-state index contributed by atoms with van der Waals surface area (Å²) in [6, 6.07) is 7.86. The molecule has 0 atom stereocenters. The Morgan fingerprint density at radius 2 is 1.68 bits per heavy atom. The molecule has 8 nitrogen and oxygen atoms in total. The van der Waals surface area contributed by atoms with Crippen molar-refractivity contribution in [3.05, 3.63) is 24.3 Å². The Balaban J connectivity index is 1.47. The zero-order valence-corrected chi connectivity index (χ0v) is 14.2. The van der Waals surface area contributed by atoms with Crippen molar-refractivity contribution in [3.63, 3.8) is 0 Å². The number of ether oxygens (including phenoxy) is 1. The number of hydrazine groups is 1. The van der Waals surface area contributed by atoms with Gasteiger partial charge in [-0.15, -0.1) is 0 Å². The number of nitrogens with one attached hydrogen (secondary N) is 2. The molecule has 3 amide bonds. The van der Waals surface area contributed by atoms with E-state index in [0.29, 0.717) is 13.1 Å². The Labute approximate surface area is 146 Å². The molecule has 8 heteroatoms. The third-order valence-corrected chi connectivity index (χ3v) is 4.66. The second kappa shape index (κ2) is 7.42. The summed E-state index contributed by atoms with van der Waals surface area (Å²) in [5.74, 6) is -0.673. The molecule has 0 saturated carbocycles. The summed E-state index contributed by atoms with van der Waals surface area (Å²) in [6.07, 6.45) is 0.448. The van der Waals surface area contributed by atoms with Crippen molar-refractivity contribution in [2.45, 2.75) is 12.8 Å². The first-order chi connectivity index (χ1) is 12.1. The van der Waals surface area contributed by atoms with Gasteiger partial charge in [-0.3, -0.25) is 25.2 Å². The first kappa shape index (κ1) is 17.1. The number of hydrogen-bond donors (Lipinski definition) is 2. The molecule has 3 rings (SSSR count). The predicted molar refractivity (Wildman–Crippen MR) is 90.8 cm³/mol. The molecule has 2 aliphatic rings. The third kappa shape index (κ3) is 3.84. The fourth-order valence-corrected chi connectivity index (χ4v) is 3.11. The van der Waals surface area contributed by atoms with Gasteiger partial charge in [-0.1, -0.05) is 0 Å². The van der Waals surface area contributed by atoms with E-state index in [1.54, 1.807) is 12.0 Å². The minimum Gasteiger partial charge on any atom is -0.497 e. The number of amides is 3. The highest BCUT2D eigenvalue weighted by Crippen LogP contribution is 2.21. The first-order valence-electron chi connectivity index (χ1n) is 8.35. The Kier molecular flexibility index (Phi) is 5.06. The fraction of sp³-hybridized carbons (Fsp3) is 0.471. The molecule has 0 aromatic heterocycles. The van der Waals surface area contributed by atoms with Crippen LogP contribution in [0.15, 0.2) is 24.3 Å². The van der Waals surface area contributed by atoms with E-state index in [4.69, 9.17) is 4.74 Å². The van der Waals surface area contributed by atoms with Gasteiger partial charge in [-0.05, 0) is 30.7 Å². The van der Waals surface area contributed by atoms with Gasteiger partial charge in [-0.2, -0.15) is 0 Å². The number of anilines is 1. The second-order valence-corrected chi connectivity index (χ2v) is 6.14. The van der Waals surface area contributed by atoms with E-state index in [-0.39, 0.29) is 30.6 Å². The van der Waals surface area contributed by atoms with Crippen LogP contribution in [0.2, 0.25) is 0 Å². The molecule has 1 aromatic carbocycles. The molecule has 2 N–H and O–H groups in total. The smallest absolute Gasteiger partial charge is 0.251 e. The van der Waals surface area contributed by atoms with Gasteiger partial charge in [0.2, 0.25) is 5.91 Å². The first-order valence-corrected chi connectivity index (χ1v) is 8.35. The van der Waals surface area contributed by atoms with Crippen molar-refractivity contribution >= 4 is 23.4 Å². The third-order valence-electron chi connectivity index (χ3n) is 4.66. The van der Waals surface area contributed by atoms with E-state index in [2.05, 4.69) is 15.8 Å². The van der Waals surface area contributed by atoms with Gasteiger partial charge in [-0.25, -0.2) is 0 Å². The van der Waals surface area contributed by atoms with E-state index >= 15 is 0 Å². The van der Waals surface area contributed by atoms with Crippen LogP contribution in [-0.4, -0.2) is 55.9 Å². The average Bonchev–Trinajstić information content (AvgIpc) is 2.98. The number of rotatable bonds is 5. The topological polar surface area (TPSA) is 91.0 Å². The van der Waals surface area contributed by atoms with Crippen molar-refractivity contribution in [1.82, 2.24) is 15.8 Å². The zero-order chi connectivity index (χ0) is 17.8. The largest absolute Gasteiger partial charge is 0.497 e. The number of carbonyl (C=O) groups excluding carboxylic acids is 3. The van der Waals surface area contributed by atoms with Gasteiger partial charge in [0, 0.05) is 38.3 Å². The van der Waals surface area contributed by atoms with Crippen molar-refractivity contribution in [3.8, 4) is 5.75 Å². The number of piperazine rings is 1. The summed E-state index contributed by atoms with van der Waals surface area (Å²) in [5, 5.41) is 0. The summed E-state index contributed by atoms with van der Waals surface area (Å²) in [4.78, 5) is 39.3. The molecule has 2 aliphatic heterocycles. The molecule has 0 bridgehead atoms. The molecule has 0 unspecified atom stereocenters. The van der Waals surface area contributed by atoms with E-state index in [9.17, 15) is 14.4 Å². The Hall–Kier alpha value is -2.77. The van der Waals surface area contributed by atoms with E-state index in [1.165, 1.54) is 0 Å². The minimum absolute atomic E-state index is 0.0121. The predicted octanol–water partition coefficient (Wildman–Crippen LogP) is -0.0988. The number of methoxy groups -OCH3 is 1. The zero-order valence-electron chi connectivity index (χ0n) is 14.2. The molecular weight excluding hydrogens is 324 g/mol. The molecule has 134 valence electrons. The fourth-order valence-electron chi connectivity index (χ4n) is 3.11. The SMILES string of the molecule is COc1ccc(N2CCN(C(=O)CCC3C(=O)NNC3=O)CC2)cc1. The Bertz CT molecular complexity index is 637. The summed E-state index contributed by atoms with van der Waals surface area (Å²) < 4.78 is 5.16. The summed E-state index contributed by atoms with van der Waals surface area (Å²) >= 11 is 0. The number of nitrogens with zero attached hydrogens (tertiary/aromatic N) is 2. The lowest BCUT2D eigenvalue weighted by atomic mass is 10.0. The van der Waals surface area contributed by atoms with Crippen LogP contribution in [0.1, 0.15) is 12.8 Å². The van der Waals surface area contributed by atoms with Crippen molar-refractivity contribution in [2.24, 2.45) is 5.92 Å². The molecule has 0 radical (unpaired) electrons. The molecule has 2 saturated heterocycles. The Morgan fingerprint density at radius 1 is 1.08 bits per heavy atom. The lowest BCUT2D eigenvalue weighted by Crippen LogP contribution is -2.48. The van der Waals surface area contributed by atoms with Gasteiger partial charge >= 0.3 is 0 Å². The van der Waals surface area contributed by atoms with Crippen molar-refractivity contribution < 1.29 is 19.1 Å². The maximum atomic E-state index is 12.3. The molecule has 1 aromatic rings. The standard InChI is InChI=1S/C17H22N4O4/c1-25-13-4-2-12(3-5-13)20-8-10-21(11-9-20)15(22)7-6-14-16(23)18-19-17(14)24/h2-5,14H,6-11H2,1H3,(H,18,23)(H,19,24). The maximum absolute atomic E-state index is 12.3. The van der Waals surface area contributed by atoms with Crippen molar-refractivity contribution in [1.29, 1.82) is 0 Å². The highest BCUT2D eigenvalue weighted by atomic mass is 16.5. The average molecular weight is 346 g/mol. The molecule has 2 heterocycles. The van der Waals surface area contributed by atoms with Gasteiger partial charge in [0.15, 0.2) is 0 Å². The number of benzene rings is 1. The molecule has 25 heavy (non-hydrogen) atoms. The lowest BCUT2D eigenvalue weighted by molar-refractivity contribution is -0.132. The molecular formula is C17H22N4O4. The van der Waals surface area contributed by atoms with Gasteiger partial charge in [0.05, 0.1) is 7.11 Å². The van der Waals surface area contributed by atoms with Crippen LogP contribution in [0.5, 0.6) is 5.75 Å². The van der Waals surface area contributed by atoms with Crippen LogP contribution >= 0.6 is 0 Å². The molecule has 0 spiro atoms. The summed E-state index contributed by atoms with van der Waals surface area (Å²) in [6.45, 7) is 2.77. The van der Waals surface area contributed by atoms with Crippen LogP contribution in [0.3, 0.4) is 0 Å². The lowest BCUT2D eigenvalue weighted by Gasteiger charge is -2.36. The highest BCUT2D eigenvalue weighted by molar-refractivity contribution is 6.05. The van der Waals surface area contributed by atoms with Crippen LogP contribution in [0, 0.1) is 5.92 Å². The van der Waals surface area contributed by atoms with E-state index in [0.717, 1.165) is 24.5 Å². The quantitative estimate of drug-likeness (QED) is 0.727. The van der Waals surface area contributed by atoms with E-state index in [1.807, 2.05) is 24.3 Å². The van der Waals surface area contributed by atoms with Crippen molar-refractivity contribution in [2.75, 3.05) is 38.2 Å². The second-order valence-electron chi connectivity index (χ2n) is 6.14. The summed E-state index contributed by atoms with van der Waals surface area (Å²) in [5.41, 5.74) is 5.66. The molecule has 0 aliphatic carbocycles. The molecule has 2 fully saturated rings. The summed E-state index contributed by atoms with van der Waals surface area (Å²) in [7, 11) is 1.64. The maximum Gasteiger partial charge on any atom is 0.251 e. The van der Waals surface area contributed by atoms with Crippen LogP contribution in [-0.2, 0) is 14.4 Å². The van der Waals surface area contributed by atoms with Crippen LogP contribution in [0.25, 0.3) is 0 Å². The van der Waals surface area contributed by atoms with Gasteiger partial charge in [0.25, 0.3) is 11.8 Å². The van der Waals surface area contributed by atoms with Gasteiger partial charge < -0.3 is 14.5 Å². The highest BCUT2D eigenvalue weighted by Gasteiger charge is 2.33. The van der Waals surface area contributed by atoms with E-state index < -0.39 is 5.92 Å².